The van der Waals surface area contributed by atoms with Gasteiger partial charge in [-0.25, -0.2) is 0 Å². The molecule has 15 heavy (non-hydrogen) atoms. The number of nitrogens with one attached hydrogen (secondary N) is 2. The molecule has 1 aliphatic rings. The van der Waals surface area contributed by atoms with Gasteiger partial charge in [0.2, 0.25) is 0 Å². The average Bonchev–Trinajstić information content (AvgIpc) is 2.29. The number of nitrogens with zero attached hydrogens (tertiary/aromatic N) is 2. The Balaban J connectivity index is 1.87. The number of aromatic nitrogens is 2. The molecule has 1 aliphatic heterocycles. The Morgan fingerprint density at radius 1 is 1.60 bits per heavy atom. The molecule has 1 unspecified atom stereocenters. The van der Waals surface area contributed by atoms with Crippen molar-refractivity contribution >= 4 is 5.82 Å². The first kappa shape index (κ1) is 10.4. The predicted molar refractivity (Wildman–Crippen MR) is 60.7 cm³/mol. The molecule has 82 valence electrons. The molecule has 1 atom stereocenters. The molecule has 0 bridgehead atoms. The molecule has 4 heteroatoms. The fourth-order valence-electron chi connectivity index (χ4n) is 1.97. The summed E-state index contributed by atoms with van der Waals surface area (Å²) in [7, 11) is 0. The fourth-order valence-corrected chi connectivity index (χ4v) is 1.97. The van der Waals surface area contributed by atoms with Crippen LogP contribution in [0.4, 0.5) is 5.82 Å². The highest BCUT2D eigenvalue weighted by Gasteiger charge is 2.26. The predicted octanol–water partition coefficient (Wildman–Crippen LogP) is 1.28. The van der Waals surface area contributed by atoms with Crippen LogP contribution in [0.5, 0.6) is 0 Å². The minimum Gasteiger partial charge on any atom is -0.368 e. The summed E-state index contributed by atoms with van der Waals surface area (Å²) in [5, 5.41) is 14.6. The van der Waals surface area contributed by atoms with Gasteiger partial charge in [0.25, 0.3) is 0 Å². The maximum atomic E-state index is 4.01. The highest BCUT2D eigenvalue weighted by Crippen LogP contribution is 2.25. The molecule has 1 fully saturated rings. The second-order valence-corrected chi connectivity index (χ2v) is 4.55. The third-order valence-corrected chi connectivity index (χ3v) is 2.95. The number of hydrogen-bond acceptors (Lipinski definition) is 4. The third-order valence-electron chi connectivity index (χ3n) is 2.95. The average molecular weight is 206 g/mol. The van der Waals surface area contributed by atoms with E-state index in [1.807, 2.05) is 12.1 Å². The van der Waals surface area contributed by atoms with Crippen LogP contribution in [0.25, 0.3) is 0 Å². The van der Waals surface area contributed by atoms with E-state index in [1.54, 1.807) is 6.20 Å². The third kappa shape index (κ3) is 2.89. The van der Waals surface area contributed by atoms with E-state index in [4.69, 9.17) is 0 Å². The number of piperidine rings is 1. The molecule has 0 saturated carbocycles. The van der Waals surface area contributed by atoms with E-state index in [-0.39, 0.29) is 0 Å². The Morgan fingerprint density at radius 3 is 3.20 bits per heavy atom. The van der Waals surface area contributed by atoms with Crippen LogP contribution >= 0.6 is 0 Å². The van der Waals surface area contributed by atoms with Crippen LogP contribution in [-0.2, 0) is 0 Å². The summed E-state index contributed by atoms with van der Waals surface area (Å²) >= 11 is 0. The summed E-state index contributed by atoms with van der Waals surface area (Å²) in [6, 6.07) is 3.85. The van der Waals surface area contributed by atoms with Gasteiger partial charge in [-0.3, -0.25) is 0 Å². The Morgan fingerprint density at radius 2 is 2.53 bits per heavy atom. The second-order valence-electron chi connectivity index (χ2n) is 4.55. The fraction of sp³-hybridized carbons (Fsp3) is 0.636. The molecular formula is C11H18N4. The molecule has 2 rings (SSSR count). The number of hydrogen-bond donors (Lipinski definition) is 2. The van der Waals surface area contributed by atoms with Crippen LogP contribution in [0.1, 0.15) is 19.8 Å². The van der Waals surface area contributed by atoms with Crippen molar-refractivity contribution in [1.82, 2.24) is 15.5 Å². The molecule has 0 spiro atoms. The van der Waals surface area contributed by atoms with Gasteiger partial charge in [-0.2, -0.15) is 5.10 Å². The van der Waals surface area contributed by atoms with Crippen molar-refractivity contribution in [1.29, 1.82) is 0 Å². The Kier molecular flexibility index (Phi) is 3.16. The molecule has 2 N–H and O–H groups in total. The lowest BCUT2D eigenvalue weighted by molar-refractivity contribution is 0.253. The Hall–Kier alpha value is -1.16. The van der Waals surface area contributed by atoms with Crippen LogP contribution in [0.15, 0.2) is 18.3 Å². The first-order valence-corrected chi connectivity index (χ1v) is 5.51. The van der Waals surface area contributed by atoms with Crippen molar-refractivity contribution in [2.45, 2.75) is 19.8 Å². The van der Waals surface area contributed by atoms with E-state index in [0.29, 0.717) is 5.41 Å². The van der Waals surface area contributed by atoms with E-state index < -0.39 is 0 Å². The van der Waals surface area contributed by atoms with Gasteiger partial charge in [-0.1, -0.05) is 6.92 Å². The van der Waals surface area contributed by atoms with Gasteiger partial charge in [0.05, 0.1) is 0 Å². The summed E-state index contributed by atoms with van der Waals surface area (Å²) in [6.45, 7) is 5.50. The van der Waals surface area contributed by atoms with E-state index >= 15 is 0 Å². The first-order chi connectivity index (χ1) is 7.29. The van der Waals surface area contributed by atoms with Gasteiger partial charge in [0, 0.05) is 19.3 Å². The highest BCUT2D eigenvalue weighted by molar-refractivity contribution is 5.31. The van der Waals surface area contributed by atoms with Crippen LogP contribution in [-0.4, -0.2) is 29.8 Å². The van der Waals surface area contributed by atoms with Gasteiger partial charge in [-0.15, -0.1) is 5.10 Å². The van der Waals surface area contributed by atoms with E-state index in [9.17, 15) is 0 Å². The SMILES string of the molecule is CC1(CNc2cccnn2)CCCNC1. The van der Waals surface area contributed by atoms with E-state index in [0.717, 1.165) is 25.5 Å². The van der Waals surface area contributed by atoms with Gasteiger partial charge in [0.15, 0.2) is 0 Å². The van der Waals surface area contributed by atoms with E-state index in [1.165, 1.54) is 12.8 Å². The maximum absolute atomic E-state index is 4.01. The van der Waals surface area contributed by atoms with Crippen molar-refractivity contribution in [3.05, 3.63) is 18.3 Å². The second kappa shape index (κ2) is 4.57. The molecule has 1 aromatic heterocycles. The lowest BCUT2D eigenvalue weighted by Gasteiger charge is -2.34. The van der Waals surface area contributed by atoms with Gasteiger partial charge in [0.1, 0.15) is 5.82 Å². The molecule has 0 radical (unpaired) electrons. The van der Waals surface area contributed by atoms with E-state index in [2.05, 4.69) is 27.8 Å². The molecule has 0 aliphatic carbocycles. The standard InChI is InChI=1S/C11H18N4/c1-11(5-3-6-12-8-11)9-13-10-4-2-7-14-15-10/h2,4,7,12H,3,5-6,8-9H2,1H3,(H,13,15). The van der Waals surface area contributed by atoms with Crippen LogP contribution < -0.4 is 10.6 Å². The summed E-state index contributed by atoms with van der Waals surface area (Å²) in [6.07, 6.45) is 4.22. The molecule has 0 amide bonds. The highest BCUT2D eigenvalue weighted by atomic mass is 15.2. The molecule has 0 aromatic carbocycles. The Bertz CT molecular complexity index is 293. The zero-order valence-corrected chi connectivity index (χ0v) is 9.16. The summed E-state index contributed by atoms with van der Waals surface area (Å²) in [5.41, 5.74) is 0.343. The van der Waals surface area contributed by atoms with Crippen molar-refractivity contribution in [2.24, 2.45) is 5.41 Å². The van der Waals surface area contributed by atoms with Crippen LogP contribution in [0, 0.1) is 5.41 Å². The molecule has 4 nitrogen and oxygen atoms in total. The number of rotatable bonds is 3. The summed E-state index contributed by atoms with van der Waals surface area (Å²) in [4.78, 5) is 0. The minimum atomic E-state index is 0.343. The quantitative estimate of drug-likeness (QED) is 0.782. The van der Waals surface area contributed by atoms with Gasteiger partial charge >= 0.3 is 0 Å². The van der Waals surface area contributed by atoms with Crippen LogP contribution in [0.3, 0.4) is 0 Å². The summed E-state index contributed by atoms with van der Waals surface area (Å²) < 4.78 is 0. The maximum Gasteiger partial charge on any atom is 0.148 e. The van der Waals surface area contributed by atoms with Crippen molar-refractivity contribution < 1.29 is 0 Å². The zero-order chi connectivity index (χ0) is 10.6. The lowest BCUT2D eigenvalue weighted by Crippen LogP contribution is -2.42. The Labute approximate surface area is 90.5 Å². The molecule has 1 aromatic rings. The van der Waals surface area contributed by atoms with Gasteiger partial charge < -0.3 is 10.6 Å². The monoisotopic (exact) mass is 206 g/mol. The zero-order valence-electron chi connectivity index (χ0n) is 9.16. The lowest BCUT2D eigenvalue weighted by atomic mass is 9.83. The first-order valence-electron chi connectivity index (χ1n) is 5.51. The van der Waals surface area contributed by atoms with Crippen molar-refractivity contribution in [2.75, 3.05) is 25.0 Å². The minimum absolute atomic E-state index is 0.343. The van der Waals surface area contributed by atoms with Gasteiger partial charge in [-0.05, 0) is 36.9 Å². The molecular weight excluding hydrogens is 188 g/mol. The smallest absolute Gasteiger partial charge is 0.148 e. The largest absolute Gasteiger partial charge is 0.368 e. The van der Waals surface area contributed by atoms with Crippen molar-refractivity contribution in [3.63, 3.8) is 0 Å². The summed E-state index contributed by atoms with van der Waals surface area (Å²) in [5.74, 6) is 0.865. The normalized spacial score (nSPS) is 26.2. The van der Waals surface area contributed by atoms with Crippen LogP contribution in [0.2, 0.25) is 0 Å². The topological polar surface area (TPSA) is 49.8 Å². The molecule has 2 heterocycles. The van der Waals surface area contributed by atoms with Crippen molar-refractivity contribution in [3.8, 4) is 0 Å². The molecule has 1 saturated heterocycles. The number of anilines is 1.